The summed E-state index contributed by atoms with van der Waals surface area (Å²) in [5.74, 6) is 0. The van der Waals surface area contributed by atoms with E-state index in [2.05, 4.69) is 11.7 Å². The molecule has 0 saturated carbocycles. The van der Waals surface area contributed by atoms with E-state index in [1.807, 2.05) is 0 Å². The van der Waals surface area contributed by atoms with Crippen molar-refractivity contribution in [2.24, 2.45) is 4.99 Å². The van der Waals surface area contributed by atoms with E-state index in [1.165, 1.54) is 0 Å². The van der Waals surface area contributed by atoms with Gasteiger partial charge in [0.15, 0.2) is 0 Å². The van der Waals surface area contributed by atoms with E-state index in [0.29, 0.717) is 12.0 Å². The van der Waals surface area contributed by atoms with E-state index in [0.717, 1.165) is 12.2 Å². The zero-order chi connectivity index (χ0) is 12.6. The zero-order valence-electron chi connectivity index (χ0n) is 9.51. The number of hydrogen-bond acceptors (Lipinski definition) is 1. The Morgan fingerprint density at radius 3 is 2.38 bits per heavy atom. The number of aliphatic imine (C=N–C) groups is 1. The maximum atomic E-state index is 12.6. The van der Waals surface area contributed by atoms with Crippen LogP contribution in [-0.4, -0.2) is 19.4 Å². The van der Waals surface area contributed by atoms with Gasteiger partial charge in [-0.05, 0) is 31.7 Å². The molecule has 0 unspecified atom stereocenters. The predicted molar refractivity (Wildman–Crippen MR) is 61.7 cm³/mol. The maximum Gasteiger partial charge on any atom is 0.416 e. The Morgan fingerprint density at radius 1 is 1.38 bits per heavy atom. The first-order chi connectivity index (χ1) is 7.45. The number of halogens is 3. The van der Waals surface area contributed by atoms with Gasteiger partial charge in [0.05, 0.1) is 12.1 Å². The SMILES string of the molecule is C=NCC(/C=C\C)=C/C(=C/CC)C(F)(F)F. The van der Waals surface area contributed by atoms with Crippen molar-refractivity contribution in [3.63, 3.8) is 0 Å². The molecule has 0 aliphatic heterocycles. The van der Waals surface area contributed by atoms with Crippen LogP contribution < -0.4 is 0 Å². The number of allylic oxidation sites excluding steroid dienone is 4. The second kappa shape index (κ2) is 7.04. The van der Waals surface area contributed by atoms with Crippen LogP contribution in [0.2, 0.25) is 0 Å². The lowest BCUT2D eigenvalue weighted by atomic mass is 10.1. The second-order valence-corrected chi connectivity index (χ2v) is 3.17. The fourth-order valence-electron chi connectivity index (χ4n) is 1.17. The summed E-state index contributed by atoms with van der Waals surface area (Å²) in [4.78, 5) is 3.59. The Kier molecular flexibility index (Phi) is 6.46. The first-order valence-corrected chi connectivity index (χ1v) is 4.98. The normalized spacial score (nSPS) is 14.6. The molecule has 0 heterocycles. The molecule has 90 valence electrons. The number of hydrogen-bond donors (Lipinski definition) is 0. The van der Waals surface area contributed by atoms with E-state index >= 15 is 0 Å². The summed E-state index contributed by atoms with van der Waals surface area (Å²) in [6, 6.07) is 0. The van der Waals surface area contributed by atoms with Crippen molar-refractivity contribution in [2.45, 2.75) is 26.4 Å². The molecule has 0 aromatic rings. The lowest BCUT2D eigenvalue weighted by Gasteiger charge is -2.08. The molecule has 4 heteroatoms. The van der Waals surface area contributed by atoms with Gasteiger partial charge in [0.25, 0.3) is 0 Å². The van der Waals surface area contributed by atoms with Crippen LogP contribution in [0.25, 0.3) is 0 Å². The van der Waals surface area contributed by atoms with Gasteiger partial charge >= 0.3 is 6.18 Å². The third-order valence-electron chi connectivity index (χ3n) is 1.77. The molecule has 0 spiro atoms. The fourth-order valence-corrected chi connectivity index (χ4v) is 1.17. The molecule has 0 rings (SSSR count). The second-order valence-electron chi connectivity index (χ2n) is 3.17. The van der Waals surface area contributed by atoms with Crippen molar-refractivity contribution >= 4 is 6.72 Å². The van der Waals surface area contributed by atoms with Gasteiger partial charge in [-0.1, -0.05) is 25.2 Å². The first kappa shape index (κ1) is 14.7. The van der Waals surface area contributed by atoms with Gasteiger partial charge in [0.1, 0.15) is 0 Å². The summed E-state index contributed by atoms with van der Waals surface area (Å²) in [5.41, 5.74) is -0.138. The van der Waals surface area contributed by atoms with Crippen molar-refractivity contribution in [3.8, 4) is 0 Å². The van der Waals surface area contributed by atoms with E-state index in [4.69, 9.17) is 0 Å². The van der Waals surface area contributed by atoms with Crippen molar-refractivity contribution in [1.29, 1.82) is 0 Å². The van der Waals surface area contributed by atoms with Crippen LogP contribution in [0.15, 0.2) is 40.4 Å². The maximum absolute atomic E-state index is 12.6. The summed E-state index contributed by atoms with van der Waals surface area (Å²) in [5, 5.41) is 0. The van der Waals surface area contributed by atoms with Gasteiger partial charge in [0, 0.05) is 0 Å². The molecular weight excluding hydrogens is 215 g/mol. The summed E-state index contributed by atoms with van der Waals surface area (Å²) in [6.45, 7) is 6.87. The van der Waals surface area contributed by atoms with Gasteiger partial charge in [-0.2, -0.15) is 13.2 Å². The molecule has 0 aliphatic rings. The average molecular weight is 231 g/mol. The minimum Gasteiger partial charge on any atom is -0.296 e. The van der Waals surface area contributed by atoms with Crippen LogP contribution >= 0.6 is 0 Å². The zero-order valence-corrected chi connectivity index (χ0v) is 9.51. The summed E-state index contributed by atoms with van der Waals surface area (Å²) in [7, 11) is 0. The monoisotopic (exact) mass is 231 g/mol. The molecule has 0 bridgehead atoms. The van der Waals surface area contributed by atoms with Crippen molar-refractivity contribution in [3.05, 3.63) is 35.5 Å². The Balaban J connectivity index is 5.14. The largest absolute Gasteiger partial charge is 0.416 e. The third kappa shape index (κ3) is 5.53. The van der Waals surface area contributed by atoms with E-state index in [9.17, 15) is 13.2 Å². The lowest BCUT2D eigenvalue weighted by molar-refractivity contribution is -0.0884. The van der Waals surface area contributed by atoms with Crippen LogP contribution in [-0.2, 0) is 0 Å². The summed E-state index contributed by atoms with van der Waals surface area (Å²) < 4.78 is 37.7. The standard InChI is InChI=1S/C12H16F3N/c1-4-6-10(9-16-3)8-11(7-5-2)12(13,14)15/h4,6-8H,3,5,9H2,1-2H3/b6-4-,10-8+,11-7-. The molecule has 0 atom stereocenters. The molecule has 16 heavy (non-hydrogen) atoms. The van der Waals surface area contributed by atoms with Crippen LogP contribution in [0, 0.1) is 0 Å². The highest BCUT2D eigenvalue weighted by atomic mass is 19.4. The van der Waals surface area contributed by atoms with Crippen LogP contribution in [0.4, 0.5) is 13.2 Å². The highest BCUT2D eigenvalue weighted by Gasteiger charge is 2.31. The first-order valence-electron chi connectivity index (χ1n) is 4.98. The molecule has 0 aliphatic carbocycles. The molecule has 0 radical (unpaired) electrons. The molecule has 0 fully saturated rings. The molecule has 0 aromatic carbocycles. The summed E-state index contributed by atoms with van der Waals surface area (Å²) in [6.07, 6.45) is 1.58. The molecule has 0 saturated heterocycles. The van der Waals surface area contributed by atoms with Crippen LogP contribution in [0.5, 0.6) is 0 Å². The van der Waals surface area contributed by atoms with Gasteiger partial charge in [-0.25, -0.2) is 0 Å². The Morgan fingerprint density at radius 2 is 2.00 bits per heavy atom. The summed E-state index contributed by atoms with van der Waals surface area (Å²) >= 11 is 0. The van der Waals surface area contributed by atoms with E-state index in [1.54, 1.807) is 26.0 Å². The Bertz CT molecular complexity index is 309. The lowest BCUT2D eigenvalue weighted by Crippen LogP contribution is -2.10. The highest BCUT2D eigenvalue weighted by molar-refractivity contribution is 5.35. The number of rotatable bonds is 5. The Labute approximate surface area is 94.1 Å². The van der Waals surface area contributed by atoms with Gasteiger partial charge in [0.2, 0.25) is 0 Å². The van der Waals surface area contributed by atoms with Crippen molar-refractivity contribution < 1.29 is 13.2 Å². The minimum atomic E-state index is -4.32. The van der Waals surface area contributed by atoms with Gasteiger partial charge in [-0.3, -0.25) is 4.99 Å². The number of alkyl halides is 3. The minimum absolute atomic E-state index is 0.182. The third-order valence-corrected chi connectivity index (χ3v) is 1.77. The number of nitrogens with zero attached hydrogens (tertiary/aromatic N) is 1. The topological polar surface area (TPSA) is 12.4 Å². The molecule has 1 nitrogen and oxygen atoms in total. The van der Waals surface area contributed by atoms with Gasteiger partial charge < -0.3 is 0 Å². The molecular formula is C12H16F3N. The molecule has 0 aromatic heterocycles. The quantitative estimate of drug-likeness (QED) is 0.499. The fraction of sp³-hybridized carbons (Fsp3) is 0.417. The van der Waals surface area contributed by atoms with Crippen LogP contribution in [0.1, 0.15) is 20.3 Å². The molecule has 0 N–H and O–H groups in total. The predicted octanol–water partition coefficient (Wildman–Crippen LogP) is 4.09. The van der Waals surface area contributed by atoms with Crippen molar-refractivity contribution in [2.75, 3.05) is 6.54 Å². The average Bonchev–Trinajstić information content (AvgIpc) is 2.16. The highest BCUT2D eigenvalue weighted by Crippen LogP contribution is 2.28. The Hall–Kier alpha value is -1.32. The van der Waals surface area contributed by atoms with E-state index in [-0.39, 0.29) is 6.54 Å². The molecule has 0 amide bonds. The van der Waals surface area contributed by atoms with Crippen molar-refractivity contribution in [1.82, 2.24) is 0 Å². The van der Waals surface area contributed by atoms with Gasteiger partial charge in [-0.15, -0.1) is 0 Å². The van der Waals surface area contributed by atoms with Crippen LogP contribution in [0.3, 0.4) is 0 Å². The van der Waals surface area contributed by atoms with E-state index < -0.39 is 11.7 Å². The smallest absolute Gasteiger partial charge is 0.296 e.